The number of rotatable bonds is 14. The molecule has 0 radical (unpaired) electrons. The van der Waals surface area contributed by atoms with E-state index in [4.69, 9.17) is 23.7 Å². The Morgan fingerprint density at radius 1 is 0.639 bits per heavy atom. The molecule has 2 saturated heterocycles. The summed E-state index contributed by atoms with van der Waals surface area (Å²) < 4.78 is 29.2. The van der Waals surface area contributed by atoms with Crippen molar-refractivity contribution in [2.75, 3.05) is 32.9 Å². The van der Waals surface area contributed by atoms with Gasteiger partial charge in [0.25, 0.3) is 0 Å². The molecule has 4 aromatic rings. The Hall–Kier alpha value is -4.29. The molecule has 4 aliphatic rings. The lowest BCUT2D eigenvalue weighted by molar-refractivity contribution is -0.285. The van der Waals surface area contributed by atoms with E-state index in [1.165, 1.54) is 0 Å². The van der Waals surface area contributed by atoms with E-state index in [2.05, 4.69) is 29.6 Å². The molecule has 14 heteroatoms. The molecule has 1 amide bonds. The molecule has 14 nitrogen and oxygen atoms in total. The highest BCUT2D eigenvalue weighted by atomic mass is 16.7. The number of aliphatic hydroxyl groups excluding tert-OH is 6. The first-order chi connectivity index (χ1) is 29.6. The van der Waals surface area contributed by atoms with E-state index in [0.29, 0.717) is 36.8 Å². The summed E-state index contributed by atoms with van der Waals surface area (Å²) in [6.45, 7) is -0.374. The van der Waals surface area contributed by atoms with Gasteiger partial charge in [0.05, 0.1) is 25.4 Å². The number of fused-ring (bicyclic) bond motifs is 3. The van der Waals surface area contributed by atoms with Crippen molar-refractivity contribution in [3.63, 3.8) is 0 Å². The topological polar surface area (TPSA) is 200 Å². The number of hydrogen-bond donors (Lipinski definition) is 7. The molecule has 0 bridgehead atoms. The third kappa shape index (κ3) is 10.0. The van der Waals surface area contributed by atoms with Gasteiger partial charge in [-0.15, -0.1) is 0 Å². The first-order valence-electron chi connectivity index (χ1n) is 21.2. The van der Waals surface area contributed by atoms with E-state index in [1.54, 1.807) is 29.2 Å². The van der Waals surface area contributed by atoms with E-state index in [0.717, 1.165) is 22.3 Å². The van der Waals surface area contributed by atoms with E-state index < -0.39 is 67.5 Å². The number of aliphatic hydroxyl groups is 6. The van der Waals surface area contributed by atoms with E-state index in [-0.39, 0.29) is 50.9 Å². The van der Waals surface area contributed by atoms with Gasteiger partial charge in [-0.05, 0) is 47.9 Å². The molecule has 7 N–H and O–H groups in total. The van der Waals surface area contributed by atoms with Crippen LogP contribution >= 0.6 is 0 Å². The maximum atomic E-state index is 13.2. The minimum absolute atomic E-state index is 0.0697. The Bertz CT molecular complexity index is 1900. The van der Waals surface area contributed by atoms with Crippen molar-refractivity contribution in [3.8, 4) is 11.1 Å². The van der Waals surface area contributed by atoms with Gasteiger partial charge in [-0.3, -0.25) is 4.90 Å². The van der Waals surface area contributed by atoms with Crippen LogP contribution < -0.4 is 5.32 Å². The second kappa shape index (κ2) is 19.8. The van der Waals surface area contributed by atoms with Crippen LogP contribution in [0.5, 0.6) is 0 Å². The third-order valence-corrected chi connectivity index (χ3v) is 12.5. The van der Waals surface area contributed by atoms with Crippen molar-refractivity contribution >= 4 is 6.09 Å². The molecule has 10 atom stereocenters. The fourth-order valence-corrected chi connectivity index (χ4v) is 9.19. The molecule has 2 heterocycles. The maximum absolute atomic E-state index is 13.2. The quantitative estimate of drug-likeness (QED) is 0.0975. The van der Waals surface area contributed by atoms with Crippen molar-refractivity contribution in [2.24, 2.45) is 0 Å². The number of carbonyl (C=O) groups excluding carboxylic acids is 1. The molecule has 326 valence electrons. The van der Waals surface area contributed by atoms with Gasteiger partial charge in [0.15, 0.2) is 12.6 Å². The second-order valence-electron chi connectivity index (χ2n) is 16.5. The zero-order valence-corrected chi connectivity index (χ0v) is 33.8. The second-order valence-corrected chi connectivity index (χ2v) is 16.5. The molecule has 2 aliphatic heterocycles. The molecule has 2 unspecified atom stereocenters. The van der Waals surface area contributed by atoms with Crippen molar-refractivity contribution < 1.29 is 59.1 Å². The Morgan fingerprint density at radius 2 is 1.08 bits per heavy atom. The zero-order valence-electron chi connectivity index (χ0n) is 33.8. The predicted molar refractivity (Wildman–Crippen MR) is 222 cm³/mol. The van der Waals surface area contributed by atoms with Gasteiger partial charge in [-0.1, -0.05) is 109 Å². The highest BCUT2D eigenvalue weighted by molar-refractivity contribution is 5.79. The van der Waals surface area contributed by atoms with Crippen LogP contribution in [0.2, 0.25) is 0 Å². The fraction of sp³-hybridized carbons (Fsp3) is 0.468. The summed E-state index contributed by atoms with van der Waals surface area (Å²) in [5.41, 5.74) is 5.92. The minimum atomic E-state index is -1.55. The van der Waals surface area contributed by atoms with Crippen LogP contribution in [-0.4, -0.2) is 135 Å². The number of ether oxygens (including phenoxy) is 5. The van der Waals surface area contributed by atoms with Crippen LogP contribution in [0.4, 0.5) is 4.79 Å². The number of hydrogen-bond acceptors (Lipinski definition) is 13. The normalized spacial score (nSPS) is 28.6. The summed E-state index contributed by atoms with van der Waals surface area (Å²) in [6.07, 6.45) is -10.9. The van der Waals surface area contributed by atoms with Crippen molar-refractivity contribution in [2.45, 2.75) is 105 Å². The van der Waals surface area contributed by atoms with Gasteiger partial charge in [0.1, 0.15) is 43.2 Å². The molecular formula is C47H56N2O12. The molecule has 2 aliphatic carbocycles. The Kier molecular flexibility index (Phi) is 14.1. The van der Waals surface area contributed by atoms with Gasteiger partial charge in [0.2, 0.25) is 0 Å². The Morgan fingerprint density at radius 3 is 1.56 bits per heavy atom. The molecule has 0 spiro atoms. The van der Waals surface area contributed by atoms with Crippen LogP contribution in [0.25, 0.3) is 11.1 Å². The number of alkyl carbamates (subject to hydrolysis) is 1. The average Bonchev–Trinajstić information content (AvgIpc) is 3.62. The van der Waals surface area contributed by atoms with Crippen molar-refractivity contribution in [3.05, 3.63) is 131 Å². The summed E-state index contributed by atoms with van der Waals surface area (Å²) in [7, 11) is 0. The number of amides is 1. The summed E-state index contributed by atoms with van der Waals surface area (Å²) in [5, 5.41) is 70.7. The summed E-state index contributed by atoms with van der Waals surface area (Å²) in [4.78, 5) is 15.0. The lowest BCUT2D eigenvalue weighted by Gasteiger charge is -2.43. The largest absolute Gasteiger partial charge is 0.449 e. The summed E-state index contributed by atoms with van der Waals surface area (Å²) >= 11 is 0. The molecule has 8 rings (SSSR count). The third-order valence-electron chi connectivity index (χ3n) is 12.5. The zero-order chi connectivity index (χ0) is 42.5. The maximum Gasteiger partial charge on any atom is 0.407 e. The first kappa shape index (κ1) is 43.4. The van der Waals surface area contributed by atoms with Gasteiger partial charge < -0.3 is 59.6 Å². The average molecular weight is 841 g/mol. The van der Waals surface area contributed by atoms with Crippen LogP contribution in [0, 0.1) is 0 Å². The highest BCUT2D eigenvalue weighted by Crippen LogP contribution is 2.44. The smallest absolute Gasteiger partial charge is 0.407 e. The predicted octanol–water partition coefficient (Wildman–Crippen LogP) is 3.53. The molecule has 61 heavy (non-hydrogen) atoms. The number of nitrogens with one attached hydrogen (secondary N) is 1. The number of carbonyl (C=O) groups is 1. The van der Waals surface area contributed by atoms with Crippen molar-refractivity contribution in [1.29, 1.82) is 0 Å². The van der Waals surface area contributed by atoms with Gasteiger partial charge in [-0.25, -0.2) is 4.79 Å². The van der Waals surface area contributed by atoms with Gasteiger partial charge in [-0.2, -0.15) is 0 Å². The lowest BCUT2D eigenvalue weighted by Crippen LogP contribution is -2.58. The molecule has 0 aromatic heterocycles. The monoisotopic (exact) mass is 840 g/mol. The van der Waals surface area contributed by atoms with Gasteiger partial charge in [0, 0.05) is 42.2 Å². The fourth-order valence-electron chi connectivity index (χ4n) is 9.19. The van der Waals surface area contributed by atoms with Crippen LogP contribution in [0.3, 0.4) is 0 Å². The molecule has 3 fully saturated rings. The summed E-state index contributed by atoms with van der Waals surface area (Å²) in [6, 6.07) is 34.0. The van der Waals surface area contributed by atoms with Crippen molar-refractivity contribution in [1.82, 2.24) is 10.2 Å². The van der Waals surface area contributed by atoms with Crippen LogP contribution in [0.1, 0.15) is 66.4 Å². The molecule has 1 saturated carbocycles. The number of benzene rings is 4. The molecular weight excluding hydrogens is 785 g/mol. The molecule has 4 aromatic carbocycles. The minimum Gasteiger partial charge on any atom is -0.449 e. The van der Waals surface area contributed by atoms with E-state index >= 15 is 0 Å². The lowest BCUT2D eigenvalue weighted by atomic mass is 9.89. The highest BCUT2D eigenvalue weighted by Gasteiger charge is 2.43. The number of nitrogens with zero attached hydrogens (tertiary/aromatic N) is 1. The Labute approximate surface area is 355 Å². The van der Waals surface area contributed by atoms with E-state index in [9.17, 15) is 35.4 Å². The SMILES string of the molecule is O=C(NC1CCC(N(C[C@H](O)[C@@H](O)[C@H]2OC(c3ccccc3)OC[C@H]2O)C[C@H](O)[C@@H](O)[C@@H]2OC(c3ccccc3)OC[C@H]2O)CC1)OCC1c2ccccc2-c2ccccc21. The Balaban J connectivity index is 0.913. The summed E-state index contributed by atoms with van der Waals surface area (Å²) in [5.74, 6) is -0.0697. The van der Waals surface area contributed by atoms with Crippen LogP contribution in [0.15, 0.2) is 109 Å². The van der Waals surface area contributed by atoms with Crippen LogP contribution in [-0.2, 0) is 23.7 Å². The first-order valence-corrected chi connectivity index (χ1v) is 21.2. The standard InChI is InChI=1S/C47H56N2O12/c50-37(41(54)43-39(52)26-57-45(60-43)28-11-3-1-4-12-28)23-49(24-38(51)42(55)44-40(53)27-58-46(61-44)29-13-5-2-6-14-29)31-21-19-30(20-22-31)48-47(56)59-25-36-34-17-9-7-15-32(34)33-16-8-10-18-35(33)36/h1-18,30-31,36-46,50-55H,19-27H2,(H,48,56)/t30?,31?,37-,38-,39+,40+,41+,42+,43-,44+,45?,46?/m0/s1. The van der Waals surface area contributed by atoms with E-state index in [1.807, 2.05) is 60.7 Å². The van der Waals surface area contributed by atoms with Gasteiger partial charge >= 0.3 is 6.09 Å².